The lowest BCUT2D eigenvalue weighted by atomic mass is 9.98. The van der Waals surface area contributed by atoms with Gasteiger partial charge in [0.15, 0.2) is 0 Å². The Morgan fingerprint density at radius 3 is 2.64 bits per heavy atom. The van der Waals surface area contributed by atoms with E-state index >= 15 is 0 Å². The van der Waals surface area contributed by atoms with Gasteiger partial charge in [-0.3, -0.25) is 15.1 Å². The van der Waals surface area contributed by atoms with Crippen molar-refractivity contribution in [2.45, 2.75) is 38.2 Å². The third kappa shape index (κ3) is 3.85. The van der Waals surface area contributed by atoms with Gasteiger partial charge in [0, 0.05) is 45.2 Å². The molecule has 0 bridgehead atoms. The highest BCUT2D eigenvalue weighted by molar-refractivity contribution is 7.08. The molecule has 1 aliphatic rings. The topological polar surface area (TPSA) is 79.5 Å². The summed E-state index contributed by atoms with van der Waals surface area (Å²) in [7, 11) is 0. The highest BCUT2D eigenvalue weighted by atomic mass is 32.1. The molecule has 1 saturated carbocycles. The molecule has 0 amide bonds. The van der Waals surface area contributed by atoms with Crippen LogP contribution in [0.4, 0.5) is 0 Å². The molecule has 0 atom stereocenters. The number of thiophene rings is 1. The third-order valence-corrected chi connectivity index (χ3v) is 7.75. The van der Waals surface area contributed by atoms with Crippen molar-refractivity contribution in [3.8, 4) is 39.5 Å². The lowest BCUT2D eigenvalue weighted by Crippen LogP contribution is -2.19. The molecule has 2 N–H and O–H groups in total. The number of benzene rings is 1. The zero-order valence-corrected chi connectivity index (χ0v) is 20.5. The fraction of sp³-hybridized carbons (Fsp3) is 0.207. The molecule has 1 fully saturated rings. The van der Waals surface area contributed by atoms with Gasteiger partial charge in [0.05, 0.1) is 29.2 Å². The average Bonchev–Trinajstić information content (AvgIpc) is 3.68. The summed E-state index contributed by atoms with van der Waals surface area (Å²) in [5, 5.41) is 14.2. The molecule has 7 rings (SSSR count). The van der Waals surface area contributed by atoms with Crippen molar-refractivity contribution < 1.29 is 4.74 Å². The number of nitrogens with zero attached hydrogens (tertiary/aromatic N) is 3. The predicted octanol–water partition coefficient (Wildman–Crippen LogP) is 7.61. The fourth-order valence-corrected chi connectivity index (χ4v) is 5.87. The Hall–Kier alpha value is -3.97. The molecule has 36 heavy (non-hydrogen) atoms. The van der Waals surface area contributed by atoms with Crippen LogP contribution in [0.3, 0.4) is 0 Å². The maximum atomic E-state index is 6.27. The van der Waals surface area contributed by atoms with E-state index in [0.717, 1.165) is 74.2 Å². The number of hydrogen-bond donors (Lipinski definition) is 2. The monoisotopic (exact) mass is 491 g/mol. The lowest BCUT2D eigenvalue weighted by molar-refractivity contribution is 0.154. The van der Waals surface area contributed by atoms with Crippen LogP contribution in [0.15, 0.2) is 71.8 Å². The first-order chi connectivity index (χ1) is 17.8. The molecule has 6 aromatic rings. The van der Waals surface area contributed by atoms with E-state index in [-0.39, 0.29) is 0 Å². The summed E-state index contributed by atoms with van der Waals surface area (Å²) >= 11 is 1.68. The first-order valence-corrected chi connectivity index (χ1v) is 13.4. The molecule has 7 heteroatoms. The summed E-state index contributed by atoms with van der Waals surface area (Å²) in [5.74, 6) is 0.844. The molecule has 6 nitrogen and oxygen atoms in total. The van der Waals surface area contributed by atoms with Crippen molar-refractivity contribution in [3.05, 3.63) is 71.8 Å². The van der Waals surface area contributed by atoms with Crippen LogP contribution in [-0.4, -0.2) is 31.3 Å². The Labute approximate surface area is 212 Å². The van der Waals surface area contributed by atoms with E-state index < -0.39 is 0 Å². The maximum Gasteiger partial charge on any atom is 0.138 e. The van der Waals surface area contributed by atoms with Crippen molar-refractivity contribution in [1.29, 1.82) is 0 Å². The first-order valence-electron chi connectivity index (χ1n) is 12.4. The molecule has 1 aromatic carbocycles. The highest BCUT2D eigenvalue weighted by Gasteiger charge is 2.17. The predicted molar refractivity (Wildman–Crippen MR) is 145 cm³/mol. The molecule has 0 radical (unpaired) electrons. The van der Waals surface area contributed by atoms with Gasteiger partial charge in [0.1, 0.15) is 11.4 Å². The van der Waals surface area contributed by atoms with E-state index in [2.05, 4.69) is 72.3 Å². The first kappa shape index (κ1) is 21.3. The number of aromatic amines is 2. The average molecular weight is 492 g/mol. The second-order valence-electron chi connectivity index (χ2n) is 9.44. The van der Waals surface area contributed by atoms with Gasteiger partial charge in [-0.2, -0.15) is 16.4 Å². The number of fused-ring (bicyclic) bond motifs is 2. The third-order valence-electron chi connectivity index (χ3n) is 7.06. The van der Waals surface area contributed by atoms with Gasteiger partial charge in [-0.05, 0) is 73.0 Å². The Kier molecular flexibility index (Phi) is 5.28. The van der Waals surface area contributed by atoms with Crippen molar-refractivity contribution in [2.75, 3.05) is 0 Å². The van der Waals surface area contributed by atoms with Crippen molar-refractivity contribution in [1.82, 2.24) is 25.1 Å². The van der Waals surface area contributed by atoms with Gasteiger partial charge in [0.25, 0.3) is 0 Å². The van der Waals surface area contributed by atoms with Crippen LogP contribution in [0.25, 0.3) is 55.6 Å². The summed E-state index contributed by atoms with van der Waals surface area (Å²) < 4.78 is 6.27. The molecule has 0 unspecified atom stereocenters. The van der Waals surface area contributed by atoms with E-state index in [1.54, 1.807) is 11.3 Å². The minimum absolute atomic E-state index is 0.300. The van der Waals surface area contributed by atoms with E-state index in [0.29, 0.717) is 6.10 Å². The fourth-order valence-electron chi connectivity index (χ4n) is 5.23. The smallest absolute Gasteiger partial charge is 0.138 e. The molecule has 5 heterocycles. The second kappa shape index (κ2) is 8.91. The van der Waals surface area contributed by atoms with Crippen LogP contribution in [0.1, 0.15) is 32.1 Å². The quantitative estimate of drug-likeness (QED) is 0.260. The summed E-state index contributed by atoms with van der Waals surface area (Å²) in [4.78, 5) is 12.7. The Morgan fingerprint density at radius 1 is 0.833 bits per heavy atom. The number of nitrogens with one attached hydrogen (secondary N) is 2. The Morgan fingerprint density at radius 2 is 1.75 bits per heavy atom. The molecule has 0 aliphatic heterocycles. The van der Waals surface area contributed by atoms with Crippen LogP contribution >= 0.6 is 11.3 Å². The minimum atomic E-state index is 0.300. The zero-order chi connectivity index (χ0) is 23.9. The maximum absolute atomic E-state index is 6.27. The molecule has 0 spiro atoms. The van der Waals surface area contributed by atoms with E-state index in [1.807, 2.05) is 24.7 Å². The van der Waals surface area contributed by atoms with E-state index in [4.69, 9.17) is 4.74 Å². The largest absolute Gasteiger partial charge is 0.489 e. The van der Waals surface area contributed by atoms with Crippen molar-refractivity contribution in [3.63, 3.8) is 0 Å². The summed E-state index contributed by atoms with van der Waals surface area (Å²) in [5.41, 5.74) is 8.14. The van der Waals surface area contributed by atoms with E-state index in [9.17, 15) is 0 Å². The molecular formula is C29H25N5OS. The Bertz CT molecular complexity index is 1660. The number of aromatic nitrogens is 5. The molecule has 5 aromatic heterocycles. The summed E-state index contributed by atoms with van der Waals surface area (Å²) in [6.07, 6.45) is 11.9. The molecular weight excluding hydrogens is 466 g/mol. The second-order valence-corrected chi connectivity index (χ2v) is 10.2. The number of rotatable bonds is 5. The SMILES string of the molecule is c1cc2[nH]c(-c3n[nH]c4ccc(-c5cncc(OC6CCCCC6)c5)cc34)cc2c(-c2ccsc2)n1. The van der Waals surface area contributed by atoms with Crippen LogP contribution in [0.2, 0.25) is 0 Å². The standard InChI is InChI=1S/C29H25N5OS/c1-2-4-21(5-3-1)35-22-12-20(15-30-16-22)18-6-7-26-23(13-18)29(34-33-26)27-14-24-25(32-27)8-10-31-28(24)19-9-11-36-17-19/h6-17,21,32H,1-5H2,(H,33,34). The zero-order valence-electron chi connectivity index (χ0n) is 19.7. The van der Waals surface area contributed by atoms with E-state index in [1.165, 1.54) is 19.3 Å². The van der Waals surface area contributed by atoms with Gasteiger partial charge in [-0.15, -0.1) is 0 Å². The number of pyridine rings is 2. The van der Waals surface area contributed by atoms with Gasteiger partial charge in [0.2, 0.25) is 0 Å². The normalized spacial score (nSPS) is 14.6. The van der Waals surface area contributed by atoms with Crippen LogP contribution in [-0.2, 0) is 0 Å². The van der Waals surface area contributed by atoms with Crippen molar-refractivity contribution in [2.24, 2.45) is 0 Å². The summed E-state index contributed by atoms with van der Waals surface area (Å²) in [6.45, 7) is 0. The number of ether oxygens (including phenoxy) is 1. The van der Waals surface area contributed by atoms with Crippen LogP contribution in [0.5, 0.6) is 5.75 Å². The van der Waals surface area contributed by atoms with Crippen LogP contribution < -0.4 is 4.74 Å². The molecule has 0 saturated heterocycles. The lowest BCUT2D eigenvalue weighted by Gasteiger charge is -2.23. The molecule has 178 valence electrons. The highest BCUT2D eigenvalue weighted by Crippen LogP contribution is 2.35. The molecule has 1 aliphatic carbocycles. The Balaban J connectivity index is 1.26. The van der Waals surface area contributed by atoms with Gasteiger partial charge in [-0.1, -0.05) is 12.5 Å². The van der Waals surface area contributed by atoms with Gasteiger partial charge >= 0.3 is 0 Å². The van der Waals surface area contributed by atoms with Crippen LogP contribution in [0, 0.1) is 0 Å². The minimum Gasteiger partial charge on any atom is -0.489 e. The van der Waals surface area contributed by atoms with Crippen molar-refractivity contribution >= 4 is 33.1 Å². The number of hydrogen-bond acceptors (Lipinski definition) is 5. The number of H-pyrrole nitrogens is 2. The summed E-state index contributed by atoms with van der Waals surface area (Å²) in [6, 6.07) is 14.7. The van der Waals surface area contributed by atoms with Gasteiger partial charge < -0.3 is 9.72 Å². The van der Waals surface area contributed by atoms with Gasteiger partial charge in [-0.25, -0.2) is 0 Å².